The third kappa shape index (κ3) is 8.68. The number of nitrogens with zero attached hydrogens (tertiary/aromatic N) is 1. The van der Waals surface area contributed by atoms with Gasteiger partial charge in [0, 0.05) is 41.2 Å². The quantitative estimate of drug-likeness (QED) is 0.105. The molecule has 0 bridgehead atoms. The zero-order chi connectivity index (χ0) is 38.0. The van der Waals surface area contributed by atoms with Crippen LogP contribution in [0.15, 0.2) is 127 Å². The Balaban J connectivity index is 1.10. The van der Waals surface area contributed by atoms with Gasteiger partial charge in [0.1, 0.15) is 6.61 Å². The van der Waals surface area contributed by atoms with Gasteiger partial charge >= 0.3 is 12.1 Å². The molecule has 2 aliphatic rings. The van der Waals surface area contributed by atoms with Crippen LogP contribution >= 0.6 is 11.6 Å². The Morgan fingerprint density at radius 3 is 1.80 bits per heavy atom. The Kier molecular flexibility index (Phi) is 12.7. The van der Waals surface area contributed by atoms with Crippen LogP contribution in [0.5, 0.6) is 0 Å². The summed E-state index contributed by atoms with van der Waals surface area (Å²) < 4.78 is 12.6. The number of halogens is 1. The van der Waals surface area contributed by atoms with E-state index in [2.05, 4.69) is 48.5 Å². The molecule has 0 radical (unpaired) electrons. The van der Waals surface area contributed by atoms with Crippen molar-refractivity contribution in [3.8, 4) is 11.1 Å². The van der Waals surface area contributed by atoms with Gasteiger partial charge < -0.3 is 14.4 Å². The first kappa shape index (κ1) is 38.4. The lowest BCUT2D eigenvalue weighted by atomic mass is 9.78. The minimum absolute atomic E-state index is 0.0279. The van der Waals surface area contributed by atoms with E-state index in [1.54, 1.807) is 7.05 Å². The van der Waals surface area contributed by atoms with Crippen LogP contribution in [0.2, 0.25) is 5.02 Å². The van der Waals surface area contributed by atoms with Gasteiger partial charge in [-0.2, -0.15) is 0 Å². The largest absolute Gasteiger partial charge is 0.448 e. The lowest BCUT2D eigenvalue weighted by Crippen LogP contribution is -2.37. The lowest BCUT2D eigenvalue weighted by Gasteiger charge is -2.36. The van der Waals surface area contributed by atoms with Gasteiger partial charge in [-0.05, 0) is 52.6 Å². The fraction of sp³-hybridized carbons (Fsp3) is 0.347. The standard InChI is InChI=1S/C49H52ClNO4/c1-51(48(53)54-35-44-42-25-15-13-23-40(42)41-24-14-16-26-43(41)44)34-33-47(52)55-49(38-21-11-8-12-22-38,45-27-17-18-28-46(45)50)39-31-29-37(30-32-39)36-19-9-6-4-2-3-5-7-10-20-36/h8,11-18,21-32,36,44H,2-7,9-10,19-20,33-35H2,1H3. The van der Waals surface area contributed by atoms with E-state index in [0.717, 1.165) is 22.3 Å². The second kappa shape index (κ2) is 18.2. The summed E-state index contributed by atoms with van der Waals surface area (Å²) in [5, 5.41) is 0.502. The van der Waals surface area contributed by atoms with Gasteiger partial charge in [0.2, 0.25) is 0 Å². The fourth-order valence-electron chi connectivity index (χ4n) is 8.66. The SMILES string of the molecule is CN(CCC(=O)OC(c1ccccc1)(c1ccc(C2CCCCCCCCCC2)cc1)c1ccccc1Cl)C(=O)OCC1c2ccccc2-c2ccccc21. The van der Waals surface area contributed by atoms with Gasteiger partial charge in [-0.1, -0.05) is 184 Å². The Morgan fingerprint density at radius 2 is 1.18 bits per heavy atom. The number of fused-ring (bicyclic) bond motifs is 3. The number of hydrogen-bond acceptors (Lipinski definition) is 4. The number of benzene rings is 5. The van der Waals surface area contributed by atoms with Crippen LogP contribution in [-0.4, -0.2) is 37.2 Å². The highest BCUT2D eigenvalue weighted by Gasteiger charge is 2.42. The summed E-state index contributed by atoms with van der Waals surface area (Å²) >= 11 is 6.98. The molecule has 55 heavy (non-hydrogen) atoms. The molecule has 1 saturated carbocycles. The molecule has 0 aliphatic heterocycles. The number of esters is 1. The molecule has 7 rings (SSSR count). The molecule has 1 unspecified atom stereocenters. The van der Waals surface area contributed by atoms with Crippen molar-refractivity contribution in [1.29, 1.82) is 0 Å². The Labute approximate surface area is 331 Å². The first-order valence-electron chi connectivity index (χ1n) is 20.1. The van der Waals surface area contributed by atoms with Crippen molar-refractivity contribution in [3.05, 3.63) is 166 Å². The molecule has 6 heteroatoms. The second-order valence-corrected chi connectivity index (χ2v) is 15.6. The summed E-state index contributed by atoms with van der Waals surface area (Å²) in [4.78, 5) is 28.9. The lowest BCUT2D eigenvalue weighted by molar-refractivity contribution is -0.153. The third-order valence-corrected chi connectivity index (χ3v) is 12.0. The minimum Gasteiger partial charge on any atom is -0.448 e. The van der Waals surface area contributed by atoms with Crippen LogP contribution in [0.4, 0.5) is 4.79 Å². The molecule has 0 N–H and O–H groups in total. The summed E-state index contributed by atoms with van der Waals surface area (Å²) in [6.07, 6.45) is 12.3. The number of ether oxygens (including phenoxy) is 2. The van der Waals surface area contributed by atoms with Crippen LogP contribution < -0.4 is 0 Å². The maximum atomic E-state index is 14.1. The van der Waals surface area contributed by atoms with Gasteiger partial charge in [0.15, 0.2) is 5.60 Å². The van der Waals surface area contributed by atoms with Crippen LogP contribution in [0.1, 0.15) is 116 Å². The molecule has 1 fully saturated rings. The molecular weight excluding hydrogens is 702 g/mol. The van der Waals surface area contributed by atoms with Crippen LogP contribution in [0, 0.1) is 0 Å². The molecule has 1 atom stereocenters. The maximum Gasteiger partial charge on any atom is 0.409 e. The van der Waals surface area contributed by atoms with Gasteiger partial charge in [0.05, 0.1) is 6.42 Å². The first-order chi connectivity index (χ1) is 27.0. The van der Waals surface area contributed by atoms with Crippen molar-refractivity contribution >= 4 is 23.7 Å². The third-order valence-electron chi connectivity index (χ3n) is 11.6. The number of hydrogen-bond donors (Lipinski definition) is 0. The molecule has 0 saturated heterocycles. The van der Waals surface area contributed by atoms with E-state index < -0.39 is 17.7 Å². The van der Waals surface area contributed by atoms with E-state index in [1.807, 2.05) is 78.9 Å². The smallest absolute Gasteiger partial charge is 0.409 e. The molecule has 0 spiro atoms. The molecule has 2 aliphatic carbocycles. The maximum absolute atomic E-state index is 14.1. The molecule has 0 heterocycles. The Hall–Kier alpha value is -4.87. The topological polar surface area (TPSA) is 55.8 Å². The van der Waals surface area contributed by atoms with E-state index in [4.69, 9.17) is 21.1 Å². The van der Waals surface area contributed by atoms with Gasteiger partial charge in [-0.25, -0.2) is 4.79 Å². The molecule has 284 valence electrons. The van der Waals surface area contributed by atoms with Crippen molar-refractivity contribution in [1.82, 2.24) is 4.90 Å². The van der Waals surface area contributed by atoms with Crippen molar-refractivity contribution in [2.24, 2.45) is 0 Å². The van der Waals surface area contributed by atoms with Gasteiger partial charge in [-0.3, -0.25) is 4.79 Å². The summed E-state index contributed by atoms with van der Waals surface area (Å²) in [6.45, 7) is 0.339. The number of rotatable bonds is 10. The van der Waals surface area contributed by atoms with E-state index >= 15 is 0 Å². The van der Waals surface area contributed by atoms with Crippen molar-refractivity contribution in [2.75, 3.05) is 20.2 Å². The highest BCUT2D eigenvalue weighted by Crippen LogP contribution is 2.46. The van der Waals surface area contributed by atoms with Crippen LogP contribution in [0.25, 0.3) is 11.1 Å². The van der Waals surface area contributed by atoms with Crippen LogP contribution in [-0.2, 0) is 19.9 Å². The predicted octanol–water partition coefficient (Wildman–Crippen LogP) is 12.4. The summed E-state index contributed by atoms with van der Waals surface area (Å²) in [5.41, 5.74) is 6.97. The zero-order valence-electron chi connectivity index (χ0n) is 31.9. The monoisotopic (exact) mass is 753 g/mol. The number of carbonyl (C=O) groups is 2. The Bertz CT molecular complexity index is 1990. The highest BCUT2D eigenvalue weighted by molar-refractivity contribution is 6.31. The summed E-state index contributed by atoms with van der Waals surface area (Å²) in [5.74, 6) is 0.0120. The normalized spacial score (nSPS) is 16.2. The summed E-state index contributed by atoms with van der Waals surface area (Å²) in [6, 6.07) is 42.6. The fourth-order valence-corrected chi connectivity index (χ4v) is 8.92. The van der Waals surface area contributed by atoms with Crippen molar-refractivity contribution in [3.63, 3.8) is 0 Å². The minimum atomic E-state index is -1.31. The number of amides is 1. The van der Waals surface area contributed by atoms with E-state index in [0.29, 0.717) is 16.5 Å². The number of carbonyl (C=O) groups excluding carboxylic acids is 2. The van der Waals surface area contributed by atoms with Crippen LogP contribution in [0.3, 0.4) is 0 Å². The van der Waals surface area contributed by atoms with E-state index in [1.165, 1.54) is 85.8 Å². The second-order valence-electron chi connectivity index (χ2n) is 15.2. The molecule has 0 aromatic heterocycles. The van der Waals surface area contributed by atoms with Crippen molar-refractivity contribution < 1.29 is 19.1 Å². The van der Waals surface area contributed by atoms with Gasteiger partial charge in [-0.15, -0.1) is 0 Å². The van der Waals surface area contributed by atoms with E-state index in [9.17, 15) is 9.59 Å². The predicted molar refractivity (Wildman–Crippen MR) is 222 cm³/mol. The van der Waals surface area contributed by atoms with Gasteiger partial charge in [0.25, 0.3) is 0 Å². The molecule has 1 amide bonds. The molecule has 5 aromatic carbocycles. The summed E-state index contributed by atoms with van der Waals surface area (Å²) in [7, 11) is 1.66. The van der Waals surface area contributed by atoms with Crippen molar-refractivity contribution in [2.45, 2.75) is 88.1 Å². The molecule has 5 aromatic rings. The molecular formula is C49H52ClNO4. The van der Waals surface area contributed by atoms with E-state index in [-0.39, 0.29) is 25.5 Å². The average molecular weight is 754 g/mol. The zero-order valence-corrected chi connectivity index (χ0v) is 32.7. The average Bonchev–Trinajstić information content (AvgIpc) is 3.51. The first-order valence-corrected chi connectivity index (χ1v) is 20.5. The Morgan fingerprint density at radius 1 is 0.655 bits per heavy atom. The molecule has 5 nitrogen and oxygen atoms in total. The highest BCUT2D eigenvalue weighted by atomic mass is 35.5.